The Labute approximate surface area is 163 Å². The highest BCUT2D eigenvalue weighted by Crippen LogP contribution is 2.38. The molecule has 6 heteroatoms. The molecule has 1 aliphatic rings. The molecule has 1 aromatic carbocycles. The number of unbranched alkanes of at least 4 members (excludes halogenated alkanes) is 2. The predicted molar refractivity (Wildman–Crippen MR) is 104 cm³/mol. The van der Waals surface area contributed by atoms with Gasteiger partial charge in [0.1, 0.15) is 17.6 Å². The van der Waals surface area contributed by atoms with Gasteiger partial charge in [0.2, 0.25) is 0 Å². The summed E-state index contributed by atoms with van der Waals surface area (Å²) in [6, 6.07) is 8.59. The smallest absolute Gasteiger partial charge is 0.295 e. The average molecular weight is 382 g/mol. The number of nitrogens with zero attached hydrogens (tertiary/aromatic N) is 2. The molecule has 0 aliphatic carbocycles. The molecule has 1 amide bonds. The zero-order valence-corrected chi connectivity index (χ0v) is 16.0. The molecule has 28 heavy (non-hydrogen) atoms. The van der Waals surface area contributed by atoms with Crippen LogP contribution in [0.4, 0.5) is 4.39 Å². The maximum absolute atomic E-state index is 13.6. The molecule has 1 N–H and O–H groups in total. The van der Waals surface area contributed by atoms with Gasteiger partial charge in [-0.2, -0.15) is 0 Å². The normalized spacial score (nSPS) is 18.7. The van der Waals surface area contributed by atoms with Gasteiger partial charge in [-0.25, -0.2) is 4.39 Å². The summed E-state index contributed by atoms with van der Waals surface area (Å²) in [5, 5.41) is 10.9. The zero-order valence-electron chi connectivity index (χ0n) is 16.0. The van der Waals surface area contributed by atoms with E-state index in [2.05, 4.69) is 11.9 Å². The lowest BCUT2D eigenvalue weighted by atomic mass is 9.97. The highest BCUT2D eigenvalue weighted by Gasteiger charge is 2.46. The Morgan fingerprint density at radius 3 is 2.64 bits per heavy atom. The largest absolute Gasteiger partial charge is 0.507 e. The van der Waals surface area contributed by atoms with Crippen LogP contribution < -0.4 is 0 Å². The quantitative estimate of drug-likeness (QED) is 0.353. The average Bonchev–Trinajstić information content (AvgIpc) is 2.95. The van der Waals surface area contributed by atoms with Crippen LogP contribution in [0.3, 0.4) is 0 Å². The van der Waals surface area contributed by atoms with Gasteiger partial charge in [0.25, 0.3) is 11.7 Å². The molecular weight excluding hydrogens is 359 g/mol. The van der Waals surface area contributed by atoms with Crippen molar-refractivity contribution in [2.24, 2.45) is 0 Å². The molecule has 0 bridgehead atoms. The lowest BCUT2D eigenvalue weighted by Gasteiger charge is -2.24. The van der Waals surface area contributed by atoms with Crippen LogP contribution in [0.1, 0.15) is 49.0 Å². The minimum atomic E-state index is -0.761. The number of carbonyl (C=O) groups is 2. The molecule has 1 aromatic heterocycles. The maximum Gasteiger partial charge on any atom is 0.295 e. The van der Waals surface area contributed by atoms with Crippen LogP contribution in [0.15, 0.2) is 48.2 Å². The molecule has 5 nitrogen and oxygen atoms in total. The standard InChI is InChI=1S/C22H23FN2O3/c1-3-4-7-12-25-19(17-8-5-6-11-24-17)18(21(27)22(25)28)20(26)15-9-10-16(23)14(2)13-15/h5-6,8-11,13,19,26H,3-4,7,12H2,1-2H3/b20-18-. The van der Waals surface area contributed by atoms with Gasteiger partial charge >= 0.3 is 0 Å². The SMILES string of the molecule is CCCCCN1C(=O)C(=O)/C(=C(\O)c2ccc(F)c(C)c2)C1c1ccccn1. The van der Waals surface area contributed by atoms with Gasteiger partial charge < -0.3 is 10.0 Å². The van der Waals surface area contributed by atoms with E-state index in [1.165, 1.54) is 23.1 Å². The van der Waals surface area contributed by atoms with Gasteiger partial charge in [0.15, 0.2) is 0 Å². The highest BCUT2D eigenvalue weighted by atomic mass is 19.1. The summed E-state index contributed by atoms with van der Waals surface area (Å²) >= 11 is 0. The first kappa shape index (κ1) is 19.7. The van der Waals surface area contributed by atoms with Crippen molar-refractivity contribution in [2.45, 2.75) is 39.2 Å². The molecular formula is C22H23FN2O3. The van der Waals surface area contributed by atoms with Gasteiger partial charge in [-0.15, -0.1) is 0 Å². The van der Waals surface area contributed by atoms with Crippen molar-refractivity contribution in [2.75, 3.05) is 6.54 Å². The summed E-state index contributed by atoms with van der Waals surface area (Å²) < 4.78 is 13.6. The number of aliphatic hydroxyl groups is 1. The summed E-state index contributed by atoms with van der Waals surface area (Å²) in [4.78, 5) is 31.3. The van der Waals surface area contributed by atoms with E-state index in [4.69, 9.17) is 0 Å². The summed E-state index contributed by atoms with van der Waals surface area (Å²) in [5.41, 5.74) is 1.15. The van der Waals surface area contributed by atoms with Crippen LogP contribution in [-0.4, -0.2) is 33.2 Å². The molecule has 146 valence electrons. The Morgan fingerprint density at radius 2 is 2.00 bits per heavy atom. The summed E-state index contributed by atoms with van der Waals surface area (Å²) in [6.07, 6.45) is 4.24. The van der Waals surface area contributed by atoms with E-state index in [0.717, 1.165) is 19.3 Å². The minimum Gasteiger partial charge on any atom is -0.507 e. The second-order valence-electron chi connectivity index (χ2n) is 6.92. The van der Waals surface area contributed by atoms with E-state index in [1.807, 2.05) is 0 Å². The van der Waals surface area contributed by atoms with Crippen molar-refractivity contribution >= 4 is 17.4 Å². The second-order valence-corrected chi connectivity index (χ2v) is 6.92. The zero-order chi connectivity index (χ0) is 20.3. The maximum atomic E-state index is 13.6. The Kier molecular flexibility index (Phi) is 5.87. The van der Waals surface area contributed by atoms with Crippen LogP contribution >= 0.6 is 0 Å². The molecule has 1 saturated heterocycles. The fourth-order valence-electron chi connectivity index (χ4n) is 3.44. The number of halogens is 1. The van der Waals surface area contributed by atoms with E-state index in [9.17, 15) is 19.1 Å². The molecule has 0 radical (unpaired) electrons. The lowest BCUT2D eigenvalue weighted by Crippen LogP contribution is -2.31. The Bertz CT molecular complexity index is 925. The Balaban J connectivity index is 2.12. The second kappa shape index (κ2) is 8.33. The number of aliphatic hydroxyl groups excluding tert-OH is 1. The first-order valence-corrected chi connectivity index (χ1v) is 9.41. The molecule has 3 rings (SSSR count). The van der Waals surface area contributed by atoms with E-state index in [-0.39, 0.29) is 11.3 Å². The van der Waals surface area contributed by atoms with Gasteiger partial charge in [-0.1, -0.05) is 25.8 Å². The molecule has 1 fully saturated rings. The number of amides is 1. The molecule has 0 spiro atoms. The predicted octanol–water partition coefficient (Wildman–Crippen LogP) is 4.14. The number of hydrogen-bond donors (Lipinski definition) is 1. The van der Waals surface area contributed by atoms with Crippen LogP contribution in [0.5, 0.6) is 0 Å². The van der Waals surface area contributed by atoms with Crippen molar-refractivity contribution in [3.8, 4) is 0 Å². The van der Waals surface area contributed by atoms with E-state index < -0.39 is 23.5 Å². The summed E-state index contributed by atoms with van der Waals surface area (Å²) in [6.45, 7) is 4.03. The third kappa shape index (κ3) is 3.67. The van der Waals surface area contributed by atoms with Crippen LogP contribution in [0.25, 0.3) is 5.76 Å². The first-order valence-electron chi connectivity index (χ1n) is 9.41. The van der Waals surface area contributed by atoms with Crippen molar-refractivity contribution in [1.82, 2.24) is 9.88 Å². The summed E-state index contributed by atoms with van der Waals surface area (Å²) in [5.74, 6) is -2.10. The van der Waals surface area contributed by atoms with Crippen molar-refractivity contribution < 1.29 is 19.1 Å². The number of benzene rings is 1. The fraction of sp³-hybridized carbons (Fsp3) is 0.318. The number of aromatic nitrogens is 1. The number of pyridine rings is 1. The molecule has 1 atom stereocenters. The molecule has 2 aromatic rings. The highest BCUT2D eigenvalue weighted by molar-refractivity contribution is 6.46. The fourth-order valence-corrected chi connectivity index (χ4v) is 3.44. The number of ketones is 1. The van der Waals surface area contributed by atoms with Gasteiger partial charge in [-0.05, 0) is 49.2 Å². The molecule has 0 saturated carbocycles. The third-order valence-corrected chi connectivity index (χ3v) is 4.94. The first-order chi connectivity index (χ1) is 13.5. The number of carbonyl (C=O) groups excluding carboxylic acids is 2. The van der Waals surface area contributed by atoms with Crippen LogP contribution in [0.2, 0.25) is 0 Å². The van der Waals surface area contributed by atoms with E-state index in [0.29, 0.717) is 23.4 Å². The summed E-state index contributed by atoms with van der Waals surface area (Å²) in [7, 11) is 0. The third-order valence-electron chi connectivity index (χ3n) is 4.94. The van der Waals surface area contributed by atoms with Crippen molar-refractivity contribution in [3.05, 3.63) is 70.8 Å². The number of hydrogen-bond acceptors (Lipinski definition) is 4. The monoisotopic (exact) mass is 382 g/mol. The number of rotatable bonds is 6. The van der Waals surface area contributed by atoms with E-state index >= 15 is 0 Å². The van der Waals surface area contributed by atoms with Crippen LogP contribution in [0, 0.1) is 12.7 Å². The Hall–Kier alpha value is -3.02. The topological polar surface area (TPSA) is 70.5 Å². The number of Topliss-reactive ketones (excluding diaryl/α,β-unsaturated/α-hetero) is 1. The lowest BCUT2D eigenvalue weighted by molar-refractivity contribution is -0.140. The van der Waals surface area contributed by atoms with Crippen molar-refractivity contribution in [3.63, 3.8) is 0 Å². The van der Waals surface area contributed by atoms with E-state index in [1.54, 1.807) is 31.3 Å². The number of aryl methyl sites for hydroxylation is 1. The van der Waals surface area contributed by atoms with Gasteiger partial charge in [0, 0.05) is 18.3 Å². The van der Waals surface area contributed by atoms with Crippen molar-refractivity contribution in [1.29, 1.82) is 0 Å². The minimum absolute atomic E-state index is 0.00814. The molecule has 1 aliphatic heterocycles. The van der Waals surface area contributed by atoms with Gasteiger partial charge in [0.05, 0.1) is 11.3 Å². The molecule has 1 unspecified atom stereocenters. The Morgan fingerprint density at radius 1 is 1.21 bits per heavy atom. The molecule has 2 heterocycles. The van der Waals surface area contributed by atoms with Crippen LogP contribution in [-0.2, 0) is 9.59 Å². The van der Waals surface area contributed by atoms with Gasteiger partial charge in [-0.3, -0.25) is 14.6 Å². The number of likely N-dealkylation sites (tertiary alicyclic amines) is 1.